The molecule has 2 aliphatic rings. The molecule has 0 bridgehead atoms. The first kappa shape index (κ1) is 19.0. The van der Waals surface area contributed by atoms with Crippen LogP contribution in [-0.2, 0) is 9.59 Å². The summed E-state index contributed by atoms with van der Waals surface area (Å²) in [6.07, 6.45) is 1.34. The summed E-state index contributed by atoms with van der Waals surface area (Å²) in [6, 6.07) is 4.51. The zero-order valence-electron chi connectivity index (χ0n) is 15.8. The quantitative estimate of drug-likeness (QED) is 0.743. The maximum absolute atomic E-state index is 12.7. The summed E-state index contributed by atoms with van der Waals surface area (Å²) in [4.78, 5) is 38.2. The van der Waals surface area contributed by atoms with Crippen molar-refractivity contribution < 1.29 is 23.9 Å². The number of fused-ring (bicyclic) bond motifs is 1. The molecule has 0 radical (unpaired) electrons. The summed E-state index contributed by atoms with van der Waals surface area (Å²) in [6.45, 7) is 6.42. The van der Waals surface area contributed by atoms with E-state index in [9.17, 15) is 14.4 Å². The number of ether oxygens (including phenoxy) is 2. The van der Waals surface area contributed by atoms with Crippen LogP contribution in [-0.4, -0.2) is 48.0 Å². The Morgan fingerprint density at radius 3 is 2.67 bits per heavy atom. The molecule has 1 fully saturated rings. The predicted molar refractivity (Wildman–Crippen MR) is 98.8 cm³/mol. The van der Waals surface area contributed by atoms with E-state index in [1.165, 1.54) is 0 Å². The number of carbonyl (C=O) groups excluding carboxylic acids is 3. The van der Waals surface area contributed by atoms with E-state index < -0.39 is 17.5 Å². The minimum atomic E-state index is -0.960. The van der Waals surface area contributed by atoms with Crippen LogP contribution < -0.4 is 20.1 Å². The maximum atomic E-state index is 12.7. The summed E-state index contributed by atoms with van der Waals surface area (Å²) >= 11 is 0. The second-order valence-corrected chi connectivity index (χ2v) is 7.49. The van der Waals surface area contributed by atoms with Gasteiger partial charge < -0.3 is 20.1 Å². The van der Waals surface area contributed by atoms with Crippen molar-refractivity contribution in [2.45, 2.75) is 39.2 Å². The first-order valence-corrected chi connectivity index (χ1v) is 9.12. The molecular formula is C19H25N3O5. The van der Waals surface area contributed by atoms with Crippen LogP contribution in [0.5, 0.6) is 11.5 Å². The standard InChI is InChI=1S/C19H25N3O5/c1-12(2)6-7-19(3)17(24)22(18(25)21-19)11-16(23)20-13-4-5-14-15(10-13)27-9-8-26-14/h4-5,10,12H,6-9,11H2,1-3H3,(H,20,23)(H,21,25)/t19-/m0/s1. The highest BCUT2D eigenvalue weighted by Crippen LogP contribution is 2.32. The molecule has 27 heavy (non-hydrogen) atoms. The number of benzene rings is 1. The number of rotatable bonds is 6. The van der Waals surface area contributed by atoms with Crippen LogP contribution in [0.2, 0.25) is 0 Å². The molecule has 0 spiro atoms. The highest BCUT2D eigenvalue weighted by atomic mass is 16.6. The normalized spacial score (nSPS) is 21.4. The van der Waals surface area contributed by atoms with E-state index in [1.54, 1.807) is 25.1 Å². The maximum Gasteiger partial charge on any atom is 0.325 e. The summed E-state index contributed by atoms with van der Waals surface area (Å²) in [5.74, 6) is 0.761. The van der Waals surface area contributed by atoms with Crippen molar-refractivity contribution in [1.29, 1.82) is 0 Å². The topological polar surface area (TPSA) is 97.0 Å². The molecule has 146 valence electrons. The summed E-state index contributed by atoms with van der Waals surface area (Å²) in [7, 11) is 0. The largest absolute Gasteiger partial charge is 0.486 e. The van der Waals surface area contributed by atoms with E-state index in [0.717, 1.165) is 11.3 Å². The average Bonchev–Trinajstić information content (AvgIpc) is 2.83. The number of anilines is 1. The van der Waals surface area contributed by atoms with Gasteiger partial charge in [0, 0.05) is 11.8 Å². The summed E-state index contributed by atoms with van der Waals surface area (Å²) in [5, 5.41) is 5.41. The van der Waals surface area contributed by atoms with Gasteiger partial charge in [0.2, 0.25) is 5.91 Å². The van der Waals surface area contributed by atoms with E-state index >= 15 is 0 Å². The fraction of sp³-hybridized carbons (Fsp3) is 0.526. The fourth-order valence-corrected chi connectivity index (χ4v) is 3.10. The van der Waals surface area contributed by atoms with Gasteiger partial charge in [-0.05, 0) is 37.8 Å². The number of amides is 4. The number of hydrogen-bond acceptors (Lipinski definition) is 5. The van der Waals surface area contributed by atoms with Gasteiger partial charge >= 0.3 is 6.03 Å². The Kier molecular flexibility index (Phi) is 5.25. The molecule has 2 aliphatic heterocycles. The van der Waals surface area contributed by atoms with Crippen LogP contribution in [0.25, 0.3) is 0 Å². The Labute approximate surface area is 158 Å². The molecule has 0 aliphatic carbocycles. The summed E-state index contributed by atoms with van der Waals surface area (Å²) < 4.78 is 10.9. The molecule has 8 nitrogen and oxygen atoms in total. The van der Waals surface area contributed by atoms with Crippen molar-refractivity contribution in [3.63, 3.8) is 0 Å². The minimum Gasteiger partial charge on any atom is -0.486 e. The average molecular weight is 375 g/mol. The van der Waals surface area contributed by atoms with Gasteiger partial charge in [0.1, 0.15) is 25.3 Å². The third-order valence-corrected chi connectivity index (χ3v) is 4.69. The lowest BCUT2D eigenvalue weighted by Crippen LogP contribution is -2.44. The third-order valence-electron chi connectivity index (χ3n) is 4.69. The van der Waals surface area contributed by atoms with Crippen LogP contribution in [0.15, 0.2) is 18.2 Å². The molecule has 1 atom stereocenters. The van der Waals surface area contributed by atoms with Crippen LogP contribution in [0.1, 0.15) is 33.6 Å². The van der Waals surface area contributed by atoms with Crippen molar-refractivity contribution in [3.05, 3.63) is 18.2 Å². The molecule has 8 heteroatoms. The molecule has 0 aromatic heterocycles. The van der Waals surface area contributed by atoms with Crippen molar-refractivity contribution in [3.8, 4) is 11.5 Å². The van der Waals surface area contributed by atoms with E-state index in [0.29, 0.717) is 42.7 Å². The van der Waals surface area contributed by atoms with Crippen LogP contribution >= 0.6 is 0 Å². The highest BCUT2D eigenvalue weighted by molar-refractivity contribution is 6.09. The van der Waals surface area contributed by atoms with Crippen molar-refractivity contribution in [2.24, 2.45) is 5.92 Å². The zero-order valence-corrected chi connectivity index (χ0v) is 15.8. The van der Waals surface area contributed by atoms with E-state index in [4.69, 9.17) is 9.47 Å². The Balaban J connectivity index is 1.62. The van der Waals surface area contributed by atoms with Crippen LogP contribution in [0, 0.1) is 5.92 Å². The number of imide groups is 1. The lowest BCUT2D eigenvalue weighted by Gasteiger charge is -2.22. The van der Waals surface area contributed by atoms with Crippen molar-refractivity contribution >= 4 is 23.5 Å². The second-order valence-electron chi connectivity index (χ2n) is 7.49. The Morgan fingerprint density at radius 1 is 1.26 bits per heavy atom. The lowest BCUT2D eigenvalue weighted by atomic mass is 9.92. The molecular weight excluding hydrogens is 350 g/mol. The van der Waals surface area contributed by atoms with Crippen LogP contribution in [0.4, 0.5) is 10.5 Å². The van der Waals surface area contributed by atoms with Gasteiger partial charge in [-0.3, -0.25) is 14.5 Å². The second kappa shape index (κ2) is 7.46. The SMILES string of the molecule is CC(C)CC[C@]1(C)NC(=O)N(CC(=O)Nc2ccc3c(c2)OCCO3)C1=O. The molecule has 3 rings (SSSR count). The number of nitrogens with zero attached hydrogens (tertiary/aromatic N) is 1. The molecule has 4 amide bonds. The summed E-state index contributed by atoms with van der Waals surface area (Å²) in [5.41, 5.74) is -0.447. The number of nitrogens with one attached hydrogen (secondary N) is 2. The van der Waals surface area contributed by atoms with E-state index in [-0.39, 0.29) is 12.5 Å². The van der Waals surface area contributed by atoms with Crippen molar-refractivity contribution in [1.82, 2.24) is 10.2 Å². The third kappa shape index (κ3) is 4.15. The van der Waals surface area contributed by atoms with E-state index in [1.807, 2.05) is 0 Å². The first-order valence-electron chi connectivity index (χ1n) is 9.12. The van der Waals surface area contributed by atoms with Gasteiger partial charge in [-0.1, -0.05) is 13.8 Å². The Morgan fingerprint density at radius 2 is 1.96 bits per heavy atom. The van der Waals surface area contributed by atoms with Gasteiger partial charge in [-0.2, -0.15) is 0 Å². The zero-order chi connectivity index (χ0) is 19.6. The van der Waals surface area contributed by atoms with Crippen LogP contribution in [0.3, 0.4) is 0 Å². The first-order chi connectivity index (χ1) is 12.8. The lowest BCUT2D eigenvalue weighted by molar-refractivity contribution is -0.133. The van der Waals surface area contributed by atoms with Gasteiger partial charge in [0.05, 0.1) is 0 Å². The number of hydrogen-bond donors (Lipinski definition) is 2. The molecule has 2 N–H and O–H groups in total. The van der Waals surface area contributed by atoms with Gasteiger partial charge in [-0.25, -0.2) is 4.79 Å². The monoisotopic (exact) mass is 375 g/mol. The number of carbonyl (C=O) groups is 3. The molecule has 1 aromatic rings. The Bertz CT molecular complexity index is 764. The minimum absolute atomic E-state index is 0.337. The Hall–Kier alpha value is -2.77. The van der Waals surface area contributed by atoms with E-state index in [2.05, 4.69) is 24.5 Å². The van der Waals surface area contributed by atoms with Crippen molar-refractivity contribution in [2.75, 3.05) is 25.1 Å². The molecule has 2 heterocycles. The van der Waals surface area contributed by atoms with Gasteiger partial charge in [0.25, 0.3) is 5.91 Å². The smallest absolute Gasteiger partial charge is 0.325 e. The van der Waals surface area contributed by atoms with Gasteiger partial charge in [0.15, 0.2) is 11.5 Å². The highest BCUT2D eigenvalue weighted by Gasteiger charge is 2.47. The fourth-order valence-electron chi connectivity index (χ4n) is 3.10. The molecule has 0 unspecified atom stereocenters. The predicted octanol–water partition coefficient (Wildman–Crippen LogP) is 2.14. The number of urea groups is 1. The molecule has 0 saturated carbocycles. The van der Waals surface area contributed by atoms with Gasteiger partial charge in [-0.15, -0.1) is 0 Å². The molecule has 1 aromatic carbocycles. The molecule has 1 saturated heterocycles.